The minimum atomic E-state index is -0.798. The number of Topliss-reactive ketones (excluding diaryl/α,β-unsaturated/α-hetero) is 1. The Morgan fingerprint density at radius 3 is 2.60 bits per heavy atom. The molecule has 1 aliphatic rings. The second kappa shape index (κ2) is 7.76. The van der Waals surface area contributed by atoms with Gasteiger partial charge in [0.25, 0.3) is 0 Å². The lowest BCUT2D eigenvalue weighted by Gasteiger charge is -2.24. The maximum Gasteiger partial charge on any atom is 0.249 e. The molecule has 1 unspecified atom stereocenters. The van der Waals surface area contributed by atoms with E-state index < -0.39 is 6.04 Å². The van der Waals surface area contributed by atoms with Crippen LogP contribution in [0, 0.1) is 6.92 Å². The molecule has 7 nitrogen and oxygen atoms in total. The number of carbonyl (C=O) groups is 3. The van der Waals surface area contributed by atoms with Gasteiger partial charge in [-0.1, -0.05) is 23.7 Å². The number of hydrogen-bond donors (Lipinski definition) is 2. The minimum Gasteiger partial charge on any atom is -0.324 e. The van der Waals surface area contributed by atoms with E-state index in [4.69, 9.17) is 11.6 Å². The molecule has 0 aliphatic carbocycles. The smallest absolute Gasteiger partial charge is 0.249 e. The van der Waals surface area contributed by atoms with Crippen LogP contribution in [0.15, 0.2) is 48.5 Å². The summed E-state index contributed by atoms with van der Waals surface area (Å²) in [5, 5.41) is 10.8. The Labute approximate surface area is 178 Å². The van der Waals surface area contributed by atoms with Gasteiger partial charge in [0, 0.05) is 27.4 Å². The summed E-state index contributed by atoms with van der Waals surface area (Å²) in [5.74, 6) is -0.174. The SMILES string of the molecule is CC(=O)c1ccc(NC(=O)C2CC(=O)Nc3c(C)c(-c4cccc(Cl)c4)nn32)cc1. The summed E-state index contributed by atoms with van der Waals surface area (Å²) < 4.78 is 1.55. The van der Waals surface area contributed by atoms with Gasteiger partial charge in [-0.15, -0.1) is 0 Å². The third-order valence-corrected chi connectivity index (χ3v) is 5.27. The Balaban J connectivity index is 1.66. The second-order valence-electron chi connectivity index (χ2n) is 7.17. The summed E-state index contributed by atoms with van der Waals surface area (Å²) >= 11 is 6.11. The lowest BCUT2D eigenvalue weighted by Crippen LogP contribution is -2.35. The Kier molecular flexibility index (Phi) is 5.13. The highest BCUT2D eigenvalue weighted by Gasteiger charge is 2.34. The number of halogens is 1. The van der Waals surface area contributed by atoms with Crippen molar-refractivity contribution in [3.05, 3.63) is 64.7 Å². The lowest BCUT2D eigenvalue weighted by atomic mass is 10.1. The van der Waals surface area contributed by atoms with Gasteiger partial charge in [0.2, 0.25) is 11.8 Å². The van der Waals surface area contributed by atoms with Crippen LogP contribution in [0.5, 0.6) is 0 Å². The Morgan fingerprint density at radius 1 is 1.20 bits per heavy atom. The largest absolute Gasteiger partial charge is 0.324 e. The molecule has 8 heteroatoms. The maximum atomic E-state index is 13.0. The number of hydrogen-bond acceptors (Lipinski definition) is 4. The van der Waals surface area contributed by atoms with E-state index in [1.807, 2.05) is 19.1 Å². The van der Waals surface area contributed by atoms with Crippen LogP contribution in [0.3, 0.4) is 0 Å². The van der Waals surface area contributed by atoms with E-state index >= 15 is 0 Å². The van der Waals surface area contributed by atoms with E-state index in [-0.39, 0.29) is 24.0 Å². The van der Waals surface area contributed by atoms with E-state index in [1.165, 1.54) is 6.92 Å². The van der Waals surface area contributed by atoms with Crippen LogP contribution in [0.4, 0.5) is 11.5 Å². The molecule has 0 saturated heterocycles. The average Bonchev–Trinajstić information content (AvgIpc) is 3.04. The van der Waals surface area contributed by atoms with Crippen molar-refractivity contribution in [2.75, 3.05) is 10.6 Å². The van der Waals surface area contributed by atoms with Crippen LogP contribution < -0.4 is 10.6 Å². The summed E-state index contributed by atoms with van der Waals surface area (Å²) in [6.45, 7) is 3.32. The zero-order chi connectivity index (χ0) is 21.4. The standard InChI is InChI=1S/C22H19ClN4O3/c1-12-20(15-4-3-5-16(23)10-15)26-27-18(11-19(29)25-21(12)27)22(30)24-17-8-6-14(7-9-17)13(2)28/h3-10,18H,11H2,1-2H3,(H,24,30)(H,25,29). The molecule has 3 aromatic rings. The number of aromatic nitrogens is 2. The van der Waals surface area contributed by atoms with Crippen LogP contribution in [0.2, 0.25) is 5.02 Å². The fourth-order valence-corrected chi connectivity index (χ4v) is 3.66. The normalized spacial score (nSPS) is 15.3. The molecular weight excluding hydrogens is 404 g/mol. The quantitative estimate of drug-likeness (QED) is 0.615. The summed E-state index contributed by atoms with van der Waals surface area (Å²) in [6.07, 6.45) is -0.0273. The molecule has 2 heterocycles. The van der Waals surface area contributed by atoms with E-state index in [9.17, 15) is 14.4 Å². The van der Waals surface area contributed by atoms with Crippen LogP contribution >= 0.6 is 11.6 Å². The number of nitrogens with zero attached hydrogens (tertiary/aromatic N) is 2. The molecule has 0 radical (unpaired) electrons. The van der Waals surface area contributed by atoms with Gasteiger partial charge in [-0.05, 0) is 50.2 Å². The number of fused-ring (bicyclic) bond motifs is 1. The molecule has 30 heavy (non-hydrogen) atoms. The number of ketones is 1. The van der Waals surface area contributed by atoms with E-state index in [0.29, 0.717) is 27.8 Å². The minimum absolute atomic E-state index is 0.0273. The summed E-state index contributed by atoms with van der Waals surface area (Å²) in [4.78, 5) is 36.7. The van der Waals surface area contributed by atoms with Crippen LogP contribution in [0.1, 0.15) is 35.3 Å². The van der Waals surface area contributed by atoms with Gasteiger partial charge < -0.3 is 10.6 Å². The van der Waals surface area contributed by atoms with Gasteiger partial charge in [-0.25, -0.2) is 4.68 Å². The monoisotopic (exact) mass is 422 g/mol. The summed E-state index contributed by atoms with van der Waals surface area (Å²) in [7, 11) is 0. The topological polar surface area (TPSA) is 93.1 Å². The molecule has 4 rings (SSSR count). The maximum absolute atomic E-state index is 13.0. The summed E-state index contributed by atoms with van der Waals surface area (Å²) in [5.41, 5.74) is 3.31. The second-order valence-corrected chi connectivity index (χ2v) is 7.60. The van der Waals surface area contributed by atoms with Crippen molar-refractivity contribution in [3.8, 4) is 11.3 Å². The van der Waals surface area contributed by atoms with Crippen molar-refractivity contribution in [2.45, 2.75) is 26.3 Å². The fraction of sp³-hybridized carbons (Fsp3) is 0.182. The van der Waals surface area contributed by atoms with Crippen molar-refractivity contribution >= 4 is 40.7 Å². The predicted molar refractivity (Wildman–Crippen MR) is 115 cm³/mol. The molecule has 1 aromatic heterocycles. The van der Waals surface area contributed by atoms with Gasteiger partial charge in [-0.2, -0.15) is 5.10 Å². The van der Waals surface area contributed by atoms with Gasteiger partial charge in [-0.3, -0.25) is 14.4 Å². The highest BCUT2D eigenvalue weighted by molar-refractivity contribution is 6.30. The lowest BCUT2D eigenvalue weighted by molar-refractivity contribution is -0.125. The predicted octanol–water partition coefficient (Wildman–Crippen LogP) is 4.24. The number of anilines is 2. The zero-order valence-electron chi connectivity index (χ0n) is 16.4. The Hall–Kier alpha value is -3.45. The fourth-order valence-electron chi connectivity index (χ4n) is 3.47. The van der Waals surface area contributed by atoms with Gasteiger partial charge in [0.1, 0.15) is 11.9 Å². The van der Waals surface area contributed by atoms with Crippen LogP contribution in [0.25, 0.3) is 11.3 Å². The molecule has 0 fully saturated rings. The van der Waals surface area contributed by atoms with E-state index in [0.717, 1.165) is 11.1 Å². The zero-order valence-corrected chi connectivity index (χ0v) is 17.2. The van der Waals surface area contributed by atoms with Crippen molar-refractivity contribution in [1.29, 1.82) is 0 Å². The van der Waals surface area contributed by atoms with Crippen molar-refractivity contribution in [3.63, 3.8) is 0 Å². The first-order chi connectivity index (χ1) is 14.3. The van der Waals surface area contributed by atoms with Crippen LogP contribution in [-0.2, 0) is 9.59 Å². The average molecular weight is 423 g/mol. The van der Waals surface area contributed by atoms with Crippen molar-refractivity contribution in [1.82, 2.24) is 9.78 Å². The van der Waals surface area contributed by atoms with Gasteiger partial charge in [0.05, 0.1) is 12.1 Å². The molecule has 2 aromatic carbocycles. The van der Waals surface area contributed by atoms with Crippen molar-refractivity contribution < 1.29 is 14.4 Å². The molecule has 1 aliphatic heterocycles. The molecule has 152 valence electrons. The first kappa shape index (κ1) is 19.8. The molecule has 2 amide bonds. The summed E-state index contributed by atoms with van der Waals surface area (Å²) in [6, 6.07) is 13.1. The third kappa shape index (κ3) is 3.71. The molecule has 0 bridgehead atoms. The number of rotatable bonds is 4. The number of carbonyl (C=O) groups excluding carboxylic acids is 3. The number of nitrogens with one attached hydrogen (secondary N) is 2. The third-order valence-electron chi connectivity index (χ3n) is 5.04. The molecule has 0 saturated carbocycles. The van der Waals surface area contributed by atoms with Crippen molar-refractivity contribution in [2.24, 2.45) is 0 Å². The molecule has 2 N–H and O–H groups in total. The molecular formula is C22H19ClN4O3. The van der Waals surface area contributed by atoms with Gasteiger partial charge in [0.15, 0.2) is 5.78 Å². The van der Waals surface area contributed by atoms with Crippen LogP contribution in [-0.4, -0.2) is 27.4 Å². The molecule has 1 atom stereocenters. The Morgan fingerprint density at radius 2 is 1.93 bits per heavy atom. The molecule has 0 spiro atoms. The first-order valence-corrected chi connectivity index (χ1v) is 9.78. The Bertz CT molecular complexity index is 1170. The highest BCUT2D eigenvalue weighted by Crippen LogP contribution is 2.35. The van der Waals surface area contributed by atoms with E-state index in [2.05, 4.69) is 15.7 Å². The van der Waals surface area contributed by atoms with Gasteiger partial charge >= 0.3 is 0 Å². The number of benzene rings is 2. The van der Waals surface area contributed by atoms with E-state index in [1.54, 1.807) is 41.1 Å². The first-order valence-electron chi connectivity index (χ1n) is 9.40. The highest BCUT2D eigenvalue weighted by atomic mass is 35.5. The number of amides is 2.